The molecule has 1 aliphatic carbocycles. The number of rotatable bonds is 7. The monoisotopic (exact) mass is 449 g/mol. The molecule has 7 heteroatoms. The van der Waals surface area contributed by atoms with Crippen LogP contribution < -0.4 is 5.32 Å². The van der Waals surface area contributed by atoms with Crippen LogP contribution in [-0.4, -0.2) is 74.7 Å². The molecule has 1 aromatic rings. The third-order valence-corrected chi connectivity index (χ3v) is 9.87. The number of nitrogens with zero attached hydrogens (tertiary/aromatic N) is 2. The van der Waals surface area contributed by atoms with E-state index in [1.54, 1.807) is 12.1 Å². The molecule has 2 fully saturated rings. The van der Waals surface area contributed by atoms with Gasteiger partial charge in [0.1, 0.15) is 0 Å². The lowest BCUT2D eigenvalue weighted by Gasteiger charge is -2.40. The summed E-state index contributed by atoms with van der Waals surface area (Å²) >= 11 is 0. The van der Waals surface area contributed by atoms with Crippen molar-refractivity contribution in [3.63, 3.8) is 0 Å². The first-order valence-electron chi connectivity index (χ1n) is 11.6. The van der Waals surface area contributed by atoms with Gasteiger partial charge in [0.05, 0.1) is 4.90 Å². The molecular weight excluding hydrogens is 410 g/mol. The summed E-state index contributed by atoms with van der Waals surface area (Å²) in [6.45, 7) is 12.7. The van der Waals surface area contributed by atoms with Gasteiger partial charge in [0, 0.05) is 38.8 Å². The minimum absolute atomic E-state index is 0.209. The summed E-state index contributed by atoms with van der Waals surface area (Å²) in [5, 5.41) is 3.08. The molecule has 1 heterocycles. The molecule has 1 saturated heterocycles. The molecule has 0 aromatic heterocycles. The number of likely N-dealkylation sites (N-methyl/N-ethyl adjacent to an activating group) is 1. The fourth-order valence-electron chi connectivity index (χ4n) is 4.97. The molecule has 0 bridgehead atoms. The van der Waals surface area contributed by atoms with Crippen molar-refractivity contribution < 1.29 is 13.2 Å². The first kappa shape index (κ1) is 24.2. The van der Waals surface area contributed by atoms with Crippen molar-refractivity contribution in [2.45, 2.75) is 69.1 Å². The summed E-state index contributed by atoms with van der Waals surface area (Å²) in [5.41, 5.74) is 1.99. The van der Waals surface area contributed by atoms with Crippen LogP contribution >= 0.6 is 0 Å². The maximum atomic E-state index is 13.7. The van der Waals surface area contributed by atoms with E-state index in [2.05, 4.69) is 36.0 Å². The largest absolute Gasteiger partial charge is 0.353 e. The van der Waals surface area contributed by atoms with Crippen LogP contribution in [0.15, 0.2) is 23.1 Å². The van der Waals surface area contributed by atoms with Crippen molar-refractivity contribution in [2.24, 2.45) is 5.92 Å². The summed E-state index contributed by atoms with van der Waals surface area (Å²) in [4.78, 5) is 18.5. The lowest BCUT2D eigenvalue weighted by atomic mass is 10.0. The van der Waals surface area contributed by atoms with Crippen LogP contribution in [-0.2, 0) is 14.6 Å². The van der Waals surface area contributed by atoms with E-state index in [9.17, 15) is 13.2 Å². The maximum absolute atomic E-state index is 13.7. The minimum atomic E-state index is -3.77. The first-order valence-corrected chi connectivity index (χ1v) is 13.1. The van der Waals surface area contributed by atoms with Crippen LogP contribution in [0.1, 0.15) is 50.7 Å². The molecule has 2 aliphatic rings. The second kappa shape index (κ2) is 9.59. The average molecular weight is 450 g/mol. The lowest BCUT2D eigenvalue weighted by Crippen LogP contribution is -2.57. The molecule has 1 unspecified atom stereocenters. The van der Waals surface area contributed by atoms with Crippen molar-refractivity contribution >= 4 is 15.7 Å². The minimum Gasteiger partial charge on any atom is -0.353 e. The van der Waals surface area contributed by atoms with Crippen molar-refractivity contribution in [3.8, 4) is 0 Å². The summed E-state index contributed by atoms with van der Waals surface area (Å²) < 4.78 is 26.1. The molecular formula is C24H39N3O3S. The number of amides is 1. The Kier molecular flexibility index (Phi) is 7.49. The van der Waals surface area contributed by atoms with Crippen LogP contribution in [0.5, 0.6) is 0 Å². The number of nitrogens with one attached hydrogen (secondary N) is 1. The zero-order valence-corrected chi connectivity index (χ0v) is 20.6. The van der Waals surface area contributed by atoms with E-state index in [-0.39, 0.29) is 16.8 Å². The maximum Gasteiger partial charge on any atom is 0.241 e. The van der Waals surface area contributed by atoms with Crippen molar-refractivity contribution in [1.29, 1.82) is 0 Å². The molecule has 6 nitrogen and oxygen atoms in total. The quantitative estimate of drug-likeness (QED) is 0.693. The predicted molar refractivity (Wildman–Crippen MR) is 125 cm³/mol. The Morgan fingerprint density at radius 1 is 1.06 bits per heavy atom. The van der Waals surface area contributed by atoms with E-state index in [4.69, 9.17) is 0 Å². The Balaban J connectivity index is 1.80. The molecule has 1 atom stereocenters. The van der Waals surface area contributed by atoms with Gasteiger partial charge in [-0.15, -0.1) is 0 Å². The Hall–Kier alpha value is -1.44. The van der Waals surface area contributed by atoms with Gasteiger partial charge in [-0.1, -0.05) is 32.8 Å². The molecule has 31 heavy (non-hydrogen) atoms. The Bertz CT molecular complexity index is 883. The van der Waals surface area contributed by atoms with E-state index in [0.29, 0.717) is 25.3 Å². The standard InChI is InChI=1S/C24H39N3O3S/c1-18(2)22(27-14-12-26(5)13-15-27)17-25-23(28)24(10-6-7-11-24)31(29,30)21-9-8-19(3)20(4)16-21/h8-9,16,18,22H,6-7,10-15,17H2,1-5H3,(H,25,28). The number of hydrogen-bond acceptors (Lipinski definition) is 5. The highest BCUT2D eigenvalue weighted by molar-refractivity contribution is 7.93. The molecule has 0 radical (unpaired) electrons. The van der Waals surface area contributed by atoms with Gasteiger partial charge in [0.2, 0.25) is 5.91 Å². The van der Waals surface area contributed by atoms with Gasteiger partial charge in [-0.25, -0.2) is 8.42 Å². The van der Waals surface area contributed by atoms with E-state index in [1.807, 2.05) is 19.9 Å². The summed E-state index contributed by atoms with van der Waals surface area (Å²) in [5.74, 6) is 0.0580. The molecule has 1 saturated carbocycles. The number of carbonyl (C=O) groups excluding carboxylic acids is 1. The smallest absolute Gasteiger partial charge is 0.241 e. The molecule has 174 valence electrons. The van der Waals surface area contributed by atoms with E-state index >= 15 is 0 Å². The Labute approximate surface area is 188 Å². The van der Waals surface area contributed by atoms with Gasteiger partial charge in [-0.2, -0.15) is 0 Å². The van der Waals surface area contributed by atoms with E-state index < -0.39 is 14.6 Å². The van der Waals surface area contributed by atoms with Crippen molar-refractivity contribution in [2.75, 3.05) is 39.8 Å². The topological polar surface area (TPSA) is 69.7 Å². The number of benzene rings is 1. The average Bonchev–Trinajstić information content (AvgIpc) is 3.23. The zero-order valence-electron chi connectivity index (χ0n) is 19.8. The van der Waals surface area contributed by atoms with Crippen LogP contribution in [0, 0.1) is 19.8 Å². The first-order chi connectivity index (χ1) is 14.6. The molecule has 1 N–H and O–H groups in total. The molecule has 3 rings (SSSR count). The lowest BCUT2D eigenvalue weighted by molar-refractivity contribution is -0.124. The second-order valence-electron chi connectivity index (χ2n) is 9.81. The summed E-state index contributed by atoms with van der Waals surface area (Å²) in [6.07, 6.45) is 2.33. The number of aryl methyl sites for hydroxylation is 2. The summed E-state index contributed by atoms with van der Waals surface area (Å²) in [7, 11) is -1.64. The van der Waals surface area contributed by atoms with Gasteiger partial charge in [-0.3, -0.25) is 9.69 Å². The molecule has 0 spiro atoms. The van der Waals surface area contributed by atoms with Gasteiger partial charge < -0.3 is 10.2 Å². The van der Waals surface area contributed by atoms with Crippen LogP contribution in [0.25, 0.3) is 0 Å². The number of piperazine rings is 1. The highest BCUT2D eigenvalue weighted by atomic mass is 32.2. The fraction of sp³-hybridized carbons (Fsp3) is 0.708. The normalized spacial score (nSPS) is 21.4. The van der Waals surface area contributed by atoms with Gasteiger partial charge in [0.25, 0.3) is 0 Å². The van der Waals surface area contributed by atoms with Crippen LogP contribution in [0.3, 0.4) is 0 Å². The zero-order chi connectivity index (χ0) is 22.8. The summed E-state index contributed by atoms with van der Waals surface area (Å²) in [6, 6.07) is 5.43. The van der Waals surface area contributed by atoms with Crippen LogP contribution in [0.2, 0.25) is 0 Å². The van der Waals surface area contributed by atoms with E-state index in [1.165, 1.54) is 0 Å². The Morgan fingerprint density at radius 3 is 2.23 bits per heavy atom. The second-order valence-corrected chi connectivity index (χ2v) is 12.1. The fourth-order valence-corrected chi connectivity index (χ4v) is 7.14. The third-order valence-electron chi connectivity index (χ3n) is 7.38. The number of hydrogen-bond donors (Lipinski definition) is 1. The van der Waals surface area contributed by atoms with Gasteiger partial charge >= 0.3 is 0 Å². The highest BCUT2D eigenvalue weighted by Gasteiger charge is 2.53. The van der Waals surface area contributed by atoms with Gasteiger partial charge in [-0.05, 0) is 62.9 Å². The molecule has 1 aromatic carbocycles. The predicted octanol–water partition coefficient (Wildman–Crippen LogP) is 2.78. The van der Waals surface area contributed by atoms with Crippen molar-refractivity contribution in [3.05, 3.63) is 29.3 Å². The number of carbonyl (C=O) groups is 1. The molecule has 1 aliphatic heterocycles. The van der Waals surface area contributed by atoms with Gasteiger partial charge in [0.15, 0.2) is 14.6 Å². The molecule has 1 amide bonds. The third kappa shape index (κ3) is 4.83. The number of sulfone groups is 1. The Morgan fingerprint density at radius 2 is 1.68 bits per heavy atom. The van der Waals surface area contributed by atoms with Crippen molar-refractivity contribution in [1.82, 2.24) is 15.1 Å². The highest BCUT2D eigenvalue weighted by Crippen LogP contribution is 2.41. The van der Waals surface area contributed by atoms with E-state index in [0.717, 1.165) is 50.1 Å². The van der Waals surface area contributed by atoms with Crippen LogP contribution in [0.4, 0.5) is 0 Å². The SMILES string of the molecule is Cc1ccc(S(=O)(=O)C2(C(=O)NCC(C(C)C)N3CCN(C)CC3)CCCC2)cc1C.